The van der Waals surface area contributed by atoms with Gasteiger partial charge in [-0.15, -0.1) is 0 Å². The van der Waals surface area contributed by atoms with Crippen LogP contribution in [0, 0.1) is 0 Å². The van der Waals surface area contributed by atoms with Crippen LogP contribution in [0.4, 0.5) is 0 Å². The van der Waals surface area contributed by atoms with Crippen molar-refractivity contribution in [2.45, 2.75) is 18.9 Å². The Labute approximate surface area is 93.1 Å². The molecule has 1 atom stereocenters. The van der Waals surface area contributed by atoms with E-state index in [1.165, 1.54) is 6.92 Å². The van der Waals surface area contributed by atoms with Gasteiger partial charge in [0, 0.05) is 18.1 Å². The van der Waals surface area contributed by atoms with Crippen LogP contribution in [0.1, 0.15) is 12.5 Å². The average molecular weight is 218 g/mol. The molecule has 0 aliphatic heterocycles. The van der Waals surface area contributed by atoms with E-state index in [9.17, 15) is 4.79 Å². The van der Waals surface area contributed by atoms with Crippen LogP contribution >= 0.6 is 0 Å². The van der Waals surface area contributed by atoms with E-state index in [0.717, 1.165) is 16.5 Å². The molecule has 0 aliphatic carbocycles. The number of H-pyrrole nitrogens is 1. The van der Waals surface area contributed by atoms with Gasteiger partial charge in [0.1, 0.15) is 5.54 Å². The van der Waals surface area contributed by atoms with Crippen molar-refractivity contribution in [3.8, 4) is 0 Å². The maximum atomic E-state index is 10.9. The summed E-state index contributed by atoms with van der Waals surface area (Å²) >= 11 is 0. The maximum absolute atomic E-state index is 10.9. The predicted molar refractivity (Wildman–Crippen MR) is 62.2 cm³/mol. The summed E-state index contributed by atoms with van der Waals surface area (Å²) in [5.41, 5.74) is 6.46. The molecule has 0 aliphatic rings. The van der Waals surface area contributed by atoms with Gasteiger partial charge in [0.2, 0.25) is 0 Å². The Bertz CT molecular complexity index is 529. The summed E-state index contributed by atoms with van der Waals surface area (Å²) in [6.45, 7) is 1.52. The molecule has 0 amide bonds. The molecule has 2 rings (SSSR count). The van der Waals surface area contributed by atoms with Gasteiger partial charge in [-0.25, -0.2) is 0 Å². The Kier molecular flexibility index (Phi) is 2.44. The first-order chi connectivity index (χ1) is 7.49. The highest BCUT2D eigenvalue weighted by Gasteiger charge is 2.27. The summed E-state index contributed by atoms with van der Waals surface area (Å²) in [4.78, 5) is 14.0. The fraction of sp³-hybridized carbons (Fsp3) is 0.250. The zero-order valence-corrected chi connectivity index (χ0v) is 9.03. The van der Waals surface area contributed by atoms with Crippen LogP contribution in [-0.4, -0.2) is 21.6 Å². The van der Waals surface area contributed by atoms with Crippen LogP contribution in [0.25, 0.3) is 10.9 Å². The van der Waals surface area contributed by atoms with E-state index in [4.69, 9.17) is 10.8 Å². The number of rotatable bonds is 3. The second-order valence-corrected chi connectivity index (χ2v) is 4.30. The Balaban J connectivity index is 2.30. The molecular formula is C12H14N2O2. The number of benzene rings is 1. The van der Waals surface area contributed by atoms with Crippen LogP contribution in [0.2, 0.25) is 0 Å². The SMILES string of the molecule is CC(N)(Cc1ccc2[nH]ccc2c1)C(=O)O. The molecule has 1 aromatic carbocycles. The zero-order chi connectivity index (χ0) is 11.8. The number of fused-ring (bicyclic) bond motifs is 1. The van der Waals surface area contributed by atoms with E-state index in [1.807, 2.05) is 30.5 Å². The quantitative estimate of drug-likeness (QED) is 0.730. The molecule has 4 nitrogen and oxygen atoms in total. The molecule has 0 fully saturated rings. The lowest BCUT2D eigenvalue weighted by molar-refractivity contribution is -0.142. The number of aliphatic carboxylic acids is 1. The molecular weight excluding hydrogens is 204 g/mol. The number of carboxylic acids is 1. The first kappa shape index (κ1) is 10.7. The molecule has 0 saturated heterocycles. The molecule has 0 radical (unpaired) electrons. The lowest BCUT2D eigenvalue weighted by Crippen LogP contribution is -2.46. The average Bonchev–Trinajstić information content (AvgIpc) is 2.63. The van der Waals surface area contributed by atoms with Gasteiger partial charge in [-0.2, -0.15) is 0 Å². The molecule has 4 heteroatoms. The van der Waals surface area contributed by atoms with Crippen molar-refractivity contribution in [2.24, 2.45) is 5.73 Å². The van der Waals surface area contributed by atoms with Crippen LogP contribution in [0.3, 0.4) is 0 Å². The standard InChI is InChI=1S/C12H14N2O2/c1-12(13,11(15)16)7-8-2-3-10-9(6-8)4-5-14-10/h2-6,14H,7,13H2,1H3,(H,15,16). The van der Waals surface area contributed by atoms with E-state index in [2.05, 4.69) is 4.98 Å². The molecule has 1 unspecified atom stereocenters. The summed E-state index contributed by atoms with van der Waals surface area (Å²) in [6.07, 6.45) is 2.18. The Morgan fingerprint density at radius 2 is 2.25 bits per heavy atom. The Morgan fingerprint density at radius 3 is 2.94 bits per heavy atom. The van der Waals surface area contributed by atoms with Crippen molar-refractivity contribution in [2.75, 3.05) is 0 Å². The van der Waals surface area contributed by atoms with Gasteiger partial charge in [-0.05, 0) is 36.1 Å². The highest BCUT2D eigenvalue weighted by molar-refractivity contribution is 5.81. The summed E-state index contributed by atoms with van der Waals surface area (Å²) < 4.78 is 0. The van der Waals surface area contributed by atoms with Gasteiger partial charge in [-0.1, -0.05) is 6.07 Å². The van der Waals surface area contributed by atoms with Crippen LogP contribution in [0.5, 0.6) is 0 Å². The smallest absolute Gasteiger partial charge is 0.323 e. The molecule has 84 valence electrons. The molecule has 0 bridgehead atoms. The van der Waals surface area contributed by atoms with Crippen molar-refractivity contribution in [1.29, 1.82) is 0 Å². The number of nitrogens with two attached hydrogens (primary N) is 1. The summed E-state index contributed by atoms with van der Waals surface area (Å²) in [6, 6.07) is 7.74. The minimum atomic E-state index is -1.22. The largest absolute Gasteiger partial charge is 0.480 e. The zero-order valence-electron chi connectivity index (χ0n) is 9.03. The van der Waals surface area contributed by atoms with Crippen molar-refractivity contribution in [1.82, 2.24) is 4.98 Å². The minimum absolute atomic E-state index is 0.323. The molecule has 16 heavy (non-hydrogen) atoms. The molecule has 0 saturated carbocycles. The lowest BCUT2D eigenvalue weighted by atomic mass is 9.93. The van der Waals surface area contributed by atoms with Crippen LogP contribution in [-0.2, 0) is 11.2 Å². The minimum Gasteiger partial charge on any atom is -0.480 e. The molecule has 1 heterocycles. The molecule has 1 aromatic heterocycles. The van der Waals surface area contributed by atoms with E-state index >= 15 is 0 Å². The Morgan fingerprint density at radius 1 is 1.50 bits per heavy atom. The lowest BCUT2D eigenvalue weighted by Gasteiger charge is -2.18. The molecule has 4 N–H and O–H groups in total. The third kappa shape index (κ3) is 1.92. The summed E-state index contributed by atoms with van der Waals surface area (Å²) in [5, 5.41) is 10.0. The van der Waals surface area contributed by atoms with E-state index in [-0.39, 0.29) is 0 Å². The number of hydrogen-bond donors (Lipinski definition) is 3. The third-order valence-corrected chi connectivity index (χ3v) is 2.68. The number of nitrogens with one attached hydrogen (secondary N) is 1. The monoisotopic (exact) mass is 218 g/mol. The fourth-order valence-corrected chi connectivity index (χ4v) is 1.71. The molecule has 0 spiro atoms. The van der Waals surface area contributed by atoms with Crippen molar-refractivity contribution in [3.05, 3.63) is 36.0 Å². The van der Waals surface area contributed by atoms with Crippen LogP contribution < -0.4 is 5.73 Å². The second-order valence-electron chi connectivity index (χ2n) is 4.30. The van der Waals surface area contributed by atoms with Crippen molar-refractivity contribution >= 4 is 16.9 Å². The van der Waals surface area contributed by atoms with Crippen LogP contribution in [0.15, 0.2) is 30.5 Å². The van der Waals surface area contributed by atoms with Gasteiger partial charge < -0.3 is 15.8 Å². The van der Waals surface area contributed by atoms with Gasteiger partial charge in [0.25, 0.3) is 0 Å². The Hall–Kier alpha value is -1.81. The first-order valence-electron chi connectivity index (χ1n) is 5.07. The second kappa shape index (κ2) is 3.64. The number of aromatic amines is 1. The molecule has 2 aromatic rings. The van der Waals surface area contributed by atoms with Gasteiger partial charge in [0.15, 0.2) is 0 Å². The maximum Gasteiger partial charge on any atom is 0.323 e. The predicted octanol–water partition coefficient (Wildman–Crippen LogP) is 1.51. The van der Waals surface area contributed by atoms with Gasteiger partial charge >= 0.3 is 5.97 Å². The van der Waals surface area contributed by atoms with Gasteiger partial charge in [0.05, 0.1) is 0 Å². The normalized spacial score (nSPS) is 14.9. The third-order valence-electron chi connectivity index (χ3n) is 2.68. The fourth-order valence-electron chi connectivity index (χ4n) is 1.71. The number of carboxylic acid groups (broad SMARTS) is 1. The highest BCUT2D eigenvalue weighted by Crippen LogP contribution is 2.17. The van der Waals surface area contributed by atoms with E-state index in [1.54, 1.807) is 0 Å². The number of carbonyl (C=O) groups is 1. The van der Waals surface area contributed by atoms with Crippen molar-refractivity contribution in [3.63, 3.8) is 0 Å². The topological polar surface area (TPSA) is 79.1 Å². The number of hydrogen-bond acceptors (Lipinski definition) is 2. The van der Waals surface area contributed by atoms with Crippen molar-refractivity contribution < 1.29 is 9.90 Å². The summed E-state index contributed by atoms with van der Waals surface area (Å²) in [7, 11) is 0. The number of aromatic nitrogens is 1. The summed E-state index contributed by atoms with van der Waals surface area (Å²) in [5.74, 6) is -0.985. The first-order valence-corrected chi connectivity index (χ1v) is 5.07. The highest BCUT2D eigenvalue weighted by atomic mass is 16.4. The van der Waals surface area contributed by atoms with E-state index in [0.29, 0.717) is 6.42 Å². The van der Waals surface area contributed by atoms with E-state index < -0.39 is 11.5 Å². The van der Waals surface area contributed by atoms with Gasteiger partial charge in [-0.3, -0.25) is 4.79 Å².